The third-order valence-electron chi connectivity index (χ3n) is 6.92. The predicted octanol–water partition coefficient (Wildman–Crippen LogP) is 3.68. The van der Waals surface area contributed by atoms with Gasteiger partial charge in [0.25, 0.3) is 10.0 Å². The molecule has 1 aliphatic rings. The zero-order valence-corrected chi connectivity index (χ0v) is 24.4. The number of methoxy groups -OCH3 is 2. The van der Waals surface area contributed by atoms with Crippen LogP contribution in [0.15, 0.2) is 71.9 Å². The average molecular weight is 592 g/mol. The number of benzene rings is 2. The summed E-state index contributed by atoms with van der Waals surface area (Å²) in [5.74, 6) is 1.13. The number of aryl methyl sites for hydroxylation is 2. The van der Waals surface area contributed by atoms with E-state index in [4.69, 9.17) is 14.2 Å². The monoisotopic (exact) mass is 591 g/mol. The molecule has 3 heterocycles. The molecule has 0 fully saturated rings. The van der Waals surface area contributed by atoms with Gasteiger partial charge in [-0.1, -0.05) is 18.2 Å². The van der Waals surface area contributed by atoms with Crippen molar-refractivity contribution >= 4 is 16.0 Å². The molecule has 0 bridgehead atoms. The number of rotatable bonds is 11. The molecule has 2 aromatic heterocycles. The Hall–Kier alpha value is -4.26. The summed E-state index contributed by atoms with van der Waals surface area (Å²) in [6, 6.07) is 16.1. The van der Waals surface area contributed by atoms with Gasteiger partial charge in [-0.15, -0.1) is 0 Å². The lowest BCUT2D eigenvalue weighted by Gasteiger charge is -2.27. The molecule has 220 valence electrons. The van der Waals surface area contributed by atoms with Crippen molar-refractivity contribution in [1.29, 1.82) is 0 Å². The van der Waals surface area contributed by atoms with Crippen LogP contribution in [0.1, 0.15) is 29.3 Å². The van der Waals surface area contributed by atoms with Gasteiger partial charge >= 0.3 is 0 Å². The molecule has 1 aliphatic heterocycles. The summed E-state index contributed by atoms with van der Waals surface area (Å²) in [4.78, 5) is 12.3. The number of aliphatic hydroxyl groups excluding tert-OH is 1. The fourth-order valence-electron chi connectivity index (χ4n) is 4.77. The van der Waals surface area contributed by atoms with E-state index < -0.39 is 16.1 Å². The van der Waals surface area contributed by atoms with Gasteiger partial charge < -0.3 is 24.6 Å². The number of hydrogen-bond acceptors (Lipinski definition) is 10. The van der Waals surface area contributed by atoms with Crippen molar-refractivity contribution in [2.24, 2.45) is 0 Å². The molecule has 0 amide bonds. The van der Waals surface area contributed by atoms with Crippen LogP contribution in [0.25, 0.3) is 11.1 Å². The first-order chi connectivity index (χ1) is 20.3. The van der Waals surface area contributed by atoms with Crippen LogP contribution in [-0.2, 0) is 16.4 Å². The van der Waals surface area contributed by atoms with E-state index in [9.17, 15) is 13.5 Å². The van der Waals surface area contributed by atoms with E-state index in [1.165, 1.54) is 14.2 Å². The van der Waals surface area contributed by atoms with E-state index in [1.807, 2.05) is 30.3 Å². The molecule has 0 saturated heterocycles. The Bertz CT molecular complexity index is 1650. The van der Waals surface area contributed by atoms with Gasteiger partial charge in [-0.2, -0.15) is 4.98 Å². The Kier molecular flexibility index (Phi) is 8.86. The number of aromatic nitrogens is 3. The van der Waals surface area contributed by atoms with Gasteiger partial charge in [0.15, 0.2) is 0 Å². The third-order valence-corrected chi connectivity index (χ3v) is 8.27. The molecular weight excluding hydrogens is 558 g/mol. The molecule has 5 rings (SSSR count). The van der Waals surface area contributed by atoms with Crippen LogP contribution in [0.4, 0.5) is 5.95 Å². The van der Waals surface area contributed by atoms with Crippen LogP contribution in [0, 0.1) is 6.92 Å². The molecule has 2 aromatic carbocycles. The Balaban J connectivity index is 1.29. The number of nitrogens with one attached hydrogen (secondary N) is 2. The highest BCUT2D eigenvalue weighted by Crippen LogP contribution is 2.35. The summed E-state index contributed by atoms with van der Waals surface area (Å²) in [5, 5.41) is 13.6. The molecule has 0 aliphatic carbocycles. The number of pyridine rings is 1. The first-order valence-electron chi connectivity index (χ1n) is 13.4. The number of anilines is 1. The minimum absolute atomic E-state index is 0.0317. The standard InChI is InChI=1S/C30H33N5O6S/c1-19-13-29(40-3)34-30(33-19)35-42(37,38)28-15-21(8-11-27(28)39-2)20-7-10-26-22(14-20)6-9-24(41-26)17-32-18-25(36)23-5-4-12-31-16-23/h4-5,7-8,10-16,24-25,32,36H,6,9,17-18H2,1-3H3,(H,33,34,35). The minimum Gasteiger partial charge on any atom is -0.495 e. The van der Waals surface area contributed by atoms with Crippen LogP contribution in [0.2, 0.25) is 0 Å². The van der Waals surface area contributed by atoms with Crippen LogP contribution in [0.3, 0.4) is 0 Å². The van der Waals surface area contributed by atoms with Gasteiger partial charge in [0.05, 0.1) is 20.3 Å². The lowest BCUT2D eigenvalue weighted by atomic mass is 9.97. The Morgan fingerprint density at radius 1 is 1.07 bits per heavy atom. The number of fused-ring (bicyclic) bond motifs is 1. The van der Waals surface area contributed by atoms with E-state index in [0.29, 0.717) is 24.3 Å². The number of nitrogens with zero attached hydrogens (tertiary/aromatic N) is 3. The van der Waals surface area contributed by atoms with Crippen LogP contribution in [-0.4, -0.2) is 61.9 Å². The normalized spacial score (nSPS) is 15.3. The number of hydrogen-bond donors (Lipinski definition) is 3. The van der Waals surface area contributed by atoms with Crippen molar-refractivity contribution in [3.63, 3.8) is 0 Å². The number of ether oxygens (including phenoxy) is 3. The topological polar surface area (TPSA) is 145 Å². The molecule has 0 radical (unpaired) electrons. The highest BCUT2D eigenvalue weighted by atomic mass is 32.2. The summed E-state index contributed by atoms with van der Waals surface area (Å²) in [5.41, 5.74) is 3.91. The minimum atomic E-state index is -4.09. The third kappa shape index (κ3) is 6.78. The van der Waals surface area contributed by atoms with Gasteiger partial charge in [-0.25, -0.2) is 18.1 Å². The average Bonchev–Trinajstić information content (AvgIpc) is 3.00. The van der Waals surface area contributed by atoms with Crippen molar-refractivity contribution in [3.8, 4) is 28.5 Å². The van der Waals surface area contributed by atoms with Gasteiger partial charge in [-0.05, 0) is 66.8 Å². The molecule has 0 spiro atoms. The maximum Gasteiger partial charge on any atom is 0.267 e. The van der Waals surface area contributed by atoms with Crippen LogP contribution in [0.5, 0.6) is 17.4 Å². The fraction of sp³-hybridized carbons (Fsp3) is 0.300. The molecule has 0 saturated carbocycles. The molecule has 2 atom stereocenters. The van der Waals surface area contributed by atoms with Gasteiger partial charge in [0.1, 0.15) is 22.5 Å². The largest absolute Gasteiger partial charge is 0.495 e. The van der Waals surface area contributed by atoms with Crippen LogP contribution >= 0.6 is 0 Å². The molecule has 2 unspecified atom stereocenters. The van der Waals surface area contributed by atoms with Crippen molar-refractivity contribution in [3.05, 3.63) is 83.8 Å². The fourth-order valence-corrected chi connectivity index (χ4v) is 5.91. The predicted molar refractivity (Wildman–Crippen MR) is 157 cm³/mol. The summed E-state index contributed by atoms with van der Waals surface area (Å²) >= 11 is 0. The van der Waals surface area contributed by atoms with Gasteiger partial charge in [0.2, 0.25) is 11.8 Å². The molecular formula is C30H33N5O6S. The molecule has 12 heteroatoms. The van der Waals surface area contributed by atoms with Crippen molar-refractivity contribution in [1.82, 2.24) is 20.3 Å². The lowest BCUT2D eigenvalue weighted by Crippen LogP contribution is -2.36. The maximum atomic E-state index is 13.4. The van der Waals surface area contributed by atoms with Crippen molar-refractivity contribution in [2.75, 3.05) is 32.0 Å². The summed E-state index contributed by atoms with van der Waals surface area (Å²) in [6.45, 7) is 2.72. The molecule has 11 nitrogen and oxygen atoms in total. The second-order valence-corrected chi connectivity index (χ2v) is 11.6. The van der Waals surface area contributed by atoms with Crippen molar-refractivity contribution < 1.29 is 27.7 Å². The lowest BCUT2D eigenvalue weighted by molar-refractivity contribution is 0.146. The number of aliphatic hydroxyl groups is 1. The zero-order chi connectivity index (χ0) is 29.7. The summed E-state index contributed by atoms with van der Waals surface area (Å²) in [7, 11) is -1.23. The SMILES string of the molecule is COc1cc(C)nc(NS(=O)(=O)c2cc(-c3ccc4c(c3)CCC(CNCC(O)c3cccnc3)O4)ccc2OC)n1. The Morgan fingerprint density at radius 2 is 1.88 bits per heavy atom. The highest BCUT2D eigenvalue weighted by Gasteiger charge is 2.24. The summed E-state index contributed by atoms with van der Waals surface area (Å²) in [6.07, 6.45) is 4.27. The van der Waals surface area contributed by atoms with Gasteiger partial charge in [0, 0.05) is 42.8 Å². The van der Waals surface area contributed by atoms with E-state index in [2.05, 4.69) is 25.0 Å². The van der Waals surface area contributed by atoms with Gasteiger partial charge in [-0.3, -0.25) is 4.98 Å². The van der Waals surface area contributed by atoms with E-state index in [1.54, 1.807) is 43.6 Å². The second-order valence-electron chi connectivity index (χ2n) is 9.91. The molecule has 4 aromatic rings. The van der Waals surface area contributed by atoms with E-state index in [0.717, 1.165) is 35.3 Å². The van der Waals surface area contributed by atoms with Crippen LogP contribution < -0.4 is 24.2 Å². The van der Waals surface area contributed by atoms with E-state index >= 15 is 0 Å². The maximum absolute atomic E-state index is 13.4. The molecule has 42 heavy (non-hydrogen) atoms. The first-order valence-corrected chi connectivity index (χ1v) is 14.9. The quantitative estimate of drug-likeness (QED) is 0.236. The first kappa shape index (κ1) is 29.2. The zero-order valence-electron chi connectivity index (χ0n) is 23.6. The Morgan fingerprint density at radius 3 is 2.64 bits per heavy atom. The number of sulfonamides is 1. The van der Waals surface area contributed by atoms with Crippen molar-refractivity contribution in [2.45, 2.75) is 36.9 Å². The Labute approximate surface area is 245 Å². The highest BCUT2D eigenvalue weighted by molar-refractivity contribution is 7.92. The summed E-state index contributed by atoms with van der Waals surface area (Å²) < 4.78 is 46.0. The second kappa shape index (κ2) is 12.7. The van der Waals surface area contributed by atoms with E-state index in [-0.39, 0.29) is 28.6 Å². The molecule has 3 N–H and O–H groups in total. The smallest absolute Gasteiger partial charge is 0.267 e.